The summed E-state index contributed by atoms with van der Waals surface area (Å²) in [6.07, 6.45) is 7.49. The molecule has 2 unspecified atom stereocenters. The lowest BCUT2D eigenvalue weighted by Gasteiger charge is -2.18. The Balaban J connectivity index is 0.000000171. The Labute approximate surface area is 801 Å². The van der Waals surface area contributed by atoms with E-state index in [1.54, 1.807) is 90.8 Å². The standard InChI is InChI=1S/C16H11ClFNS.C16H12FNOS.C15H4ClF6NO3S.C12H14N2OS.C9H5BrFNO.C9H6BrNO.C7H8S.C5H6Cl2N2O2.CH5FP2/c17-16-13-7-6-12(8-14(13)15(18)9-19-16)20-10-11-4-2-1-3-5-11;17-15-9-18-16(19)13-7-6-12(8-14(13)15)20-10-11-4-2-1-3-5-11;16-15-6-2-1-5(3-7(6)8(17)4-23-15)27(24,25)26-14-12(21)10(19)9(18)11(20)13(14)22;1-9-7-11(15-2)4-3-10(9)8-14-12-13-5-6-16-12;10-5-1-2-6-7(3-5)8(11)4-12-9(6)13;10-7-1-2-8-6(5-7)3-4-11-9(8)12;8-6-7-4-2-1-3-5-7;1-5(2)3(10)8(6)4(11)9(5)7;1-3-4-2/h1-9H,10H2;1-9H,10H2,(H,18,19);1-4H;3-7H,8H2,1-2H3,(H,13,14);1-4H,(H,12,13);1-5H,(H,11,12);1-5,8H,6H2;1-2H3;3-4H,1H3. The highest BCUT2D eigenvalue weighted by atomic mass is 79.9. The van der Waals surface area contributed by atoms with Crippen molar-refractivity contribution in [3.63, 3.8) is 0 Å². The van der Waals surface area contributed by atoms with E-state index in [-0.39, 0.29) is 47.0 Å². The fourth-order valence-corrected chi connectivity index (χ4v) is 16.4. The number of thiol groups is 1. The van der Waals surface area contributed by atoms with Gasteiger partial charge in [-0.15, -0.1) is 34.9 Å². The van der Waals surface area contributed by atoms with Gasteiger partial charge in [0.15, 0.2) is 5.13 Å². The predicted octanol–water partition coefficient (Wildman–Crippen LogP) is 26.8. The molecule has 6 aromatic heterocycles. The predicted molar refractivity (Wildman–Crippen MR) is 518 cm³/mol. The number of hydrogen-bond acceptors (Lipinski definition) is 17. The number of ether oxygens (including phenoxy) is 1. The van der Waals surface area contributed by atoms with Gasteiger partial charge in [-0.1, -0.05) is 166 Å². The molecule has 10 aromatic carbocycles. The number of imide groups is 1. The van der Waals surface area contributed by atoms with Crippen molar-refractivity contribution in [3.8, 4) is 11.5 Å². The van der Waals surface area contributed by atoms with E-state index in [4.69, 9.17) is 51.5 Å². The number of aryl methyl sites for hydroxylation is 1. The van der Waals surface area contributed by atoms with E-state index in [0.717, 1.165) is 99.3 Å². The number of urea groups is 1. The van der Waals surface area contributed by atoms with E-state index in [2.05, 4.69) is 133 Å². The number of nitrogens with zero attached hydrogens (tertiary/aromatic N) is 5. The Hall–Kier alpha value is -10.1. The van der Waals surface area contributed by atoms with Crippen molar-refractivity contribution in [3.05, 3.63) is 379 Å². The maximum atomic E-state index is 13.8. The van der Waals surface area contributed by atoms with Crippen LogP contribution in [-0.2, 0) is 38.7 Å². The molecular formula is C90H71Br2Cl4F10N9O9P2S5. The second-order valence-corrected chi connectivity index (χ2v) is 38.1. The second kappa shape index (κ2) is 50.1. The minimum absolute atomic E-state index is 0.0202. The van der Waals surface area contributed by atoms with E-state index in [0.29, 0.717) is 62.4 Å². The van der Waals surface area contributed by atoms with Gasteiger partial charge in [0.1, 0.15) is 49.8 Å². The zero-order valence-electron chi connectivity index (χ0n) is 68.5. The van der Waals surface area contributed by atoms with Crippen LogP contribution in [0.15, 0.2) is 287 Å². The van der Waals surface area contributed by atoms with Gasteiger partial charge in [-0.05, 0) is 164 Å². The molecule has 0 radical (unpaired) electrons. The molecule has 18 nitrogen and oxygen atoms in total. The molecule has 0 bridgehead atoms. The normalized spacial score (nSPS) is 11.9. The molecule has 682 valence electrons. The lowest BCUT2D eigenvalue weighted by Crippen LogP contribution is -2.38. The molecule has 41 heteroatoms. The zero-order valence-corrected chi connectivity index (χ0v) is 80.9. The maximum Gasteiger partial charge on any atom is 0.357 e. The molecule has 17 rings (SSSR count). The molecule has 0 aliphatic carbocycles. The van der Waals surface area contributed by atoms with E-state index < -0.39 is 84.8 Å². The summed E-state index contributed by atoms with van der Waals surface area (Å²) in [5, 5.41) is 10.4. The molecule has 0 saturated carbocycles. The average molecular weight is 2140 g/mol. The summed E-state index contributed by atoms with van der Waals surface area (Å²) < 4.78 is 169. The first kappa shape index (κ1) is 105. The number of aromatic nitrogens is 6. The fraction of sp³-hybridized carbons (Fsp3) is 0.111. The minimum atomic E-state index is -5.09. The van der Waals surface area contributed by atoms with Crippen LogP contribution in [0.5, 0.6) is 11.5 Å². The van der Waals surface area contributed by atoms with Gasteiger partial charge >= 0.3 is 16.1 Å². The Morgan fingerprint density at radius 1 is 0.550 bits per heavy atom. The largest absolute Gasteiger partial charge is 0.497 e. The topological polar surface area (TPSA) is 242 Å². The van der Waals surface area contributed by atoms with Gasteiger partial charge in [-0.25, -0.2) is 59.1 Å². The third kappa shape index (κ3) is 29.0. The molecule has 1 aliphatic rings. The van der Waals surface area contributed by atoms with E-state index in [1.165, 1.54) is 41.7 Å². The number of rotatable bonds is 15. The number of pyridine rings is 5. The molecule has 3 amide bonds. The van der Waals surface area contributed by atoms with Gasteiger partial charge in [0.25, 0.3) is 22.6 Å². The van der Waals surface area contributed by atoms with Crippen LogP contribution in [0.2, 0.25) is 10.3 Å². The number of thiazole rings is 1. The summed E-state index contributed by atoms with van der Waals surface area (Å²) in [6.45, 7) is 7.76. The number of hydrogen-bond donors (Lipinski definition) is 5. The van der Waals surface area contributed by atoms with E-state index >= 15 is 0 Å². The second-order valence-electron chi connectivity index (χ2n) is 27.2. The summed E-state index contributed by atoms with van der Waals surface area (Å²) in [6, 6.07) is 61.6. The zero-order chi connectivity index (χ0) is 95.4. The van der Waals surface area contributed by atoms with Crippen LogP contribution in [0.3, 0.4) is 0 Å². The molecule has 7 heterocycles. The smallest absolute Gasteiger partial charge is 0.357 e. The quantitative estimate of drug-likeness (QED) is 0.00612. The average Bonchev–Trinajstić information content (AvgIpc) is 1.71. The number of carbonyl (C=O) groups excluding carboxylic acids is 2. The van der Waals surface area contributed by atoms with Crippen molar-refractivity contribution in [2.45, 2.75) is 64.8 Å². The van der Waals surface area contributed by atoms with Gasteiger partial charge in [0.05, 0.1) is 28.1 Å². The van der Waals surface area contributed by atoms with Crippen LogP contribution in [-0.4, -0.2) is 78.4 Å². The summed E-state index contributed by atoms with van der Waals surface area (Å²) in [5.74, 6) is -13.5. The van der Waals surface area contributed by atoms with Crippen LogP contribution in [0, 0.1) is 59.3 Å². The Kier molecular flexibility index (Phi) is 40.0. The fourth-order valence-electron chi connectivity index (χ4n) is 11.3. The van der Waals surface area contributed by atoms with Crippen molar-refractivity contribution in [1.29, 1.82) is 0 Å². The van der Waals surface area contributed by atoms with Gasteiger partial charge in [-0.2, -0.15) is 34.2 Å². The van der Waals surface area contributed by atoms with Crippen LogP contribution < -0.4 is 30.9 Å². The summed E-state index contributed by atoms with van der Waals surface area (Å²) >= 11 is 38.1. The maximum absolute atomic E-state index is 13.8. The highest BCUT2D eigenvalue weighted by Crippen LogP contribution is 2.37. The molecular weight excluding hydrogens is 2060 g/mol. The lowest BCUT2D eigenvalue weighted by atomic mass is 10.1. The van der Waals surface area contributed by atoms with Crippen molar-refractivity contribution in [1.82, 2.24) is 38.7 Å². The van der Waals surface area contributed by atoms with Crippen molar-refractivity contribution < 1.29 is 70.6 Å². The Bertz CT molecular complexity index is 6980. The number of halogens is 16. The minimum Gasteiger partial charge on any atom is -0.497 e. The number of thioether (sulfide) groups is 2. The Morgan fingerprint density at radius 3 is 1.47 bits per heavy atom. The van der Waals surface area contributed by atoms with Crippen LogP contribution in [0.25, 0.3) is 53.9 Å². The first-order valence-corrected chi connectivity index (χ1v) is 49.0. The third-order valence-electron chi connectivity index (χ3n) is 18.1. The SMILES string of the molecule is CC1(C)C(=O)N(Cl)C(=O)N1Cl.COc1ccc(CNc2nccs2)c(C)c1.CPPF.Fc1cnc(Cl)c2ccc(SCc3ccccc3)cc12.O=S(=O)(Oc1c(F)c(F)c(F)c(F)c1F)c1ccc2c(Cl)ncc(F)c2c1.O=c1[nH]cc(F)c2cc(Br)ccc12.O=c1[nH]cc(F)c2cc(SCc3ccccc3)ccc12.O=c1[nH]ccc2cc(Br)ccc12.SCc1ccccc1. The Morgan fingerprint density at radius 2 is 1.01 bits per heavy atom. The number of amides is 3. The molecule has 1 aliphatic heterocycles. The van der Waals surface area contributed by atoms with E-state index in [1.807, 2.05) is 121 Å². The van der Waals surface area contributed by atoms with Crippen LogP contribution >= 0.6 is 143 Å². The van der Waals surface area contributed by atoms with E-state index in [9.17, 15) is 76.1 Å². The number of carbonyl (C=O) groups is 2. The monoisotopic (exact) mass is 2130 g/mol. The van der Waals surface area contributed by atoms with Gasteiger partial charge in [0.2, 0.25) is 34.8 Å². The molecule has 4 N–H and O–H groups in total. The number of fused-ring (bicyclic) bond motifs is 5. The molecule has 131 heavy (non-hydrogen) atoms. The molecule has 2 atom stereocenters. The number of benzene rings is 10. The van der Waals surface area contributed by atoms with Crippen molar-refractivity contribution in [2.75, 3.05) is 19.1 Å². The number of H-pyrrole nitrogens is 3. The van der Waals surface area contributed by atoms with Gasteiger partial charge < -0.3 is 29.2 Å². The number of anilines is 1. The molecule has 1 fully saturated rings. The summed E-state index contributed by atoms with van der Waals surface area (Å²) in [4.78, 5) is 76.0. The highest BCUT2D eigenvalue weighted by molar-refractivity contribution is 9.10. The van der Waals surface area contributed by atoms with Crippen LogP contribution in [0.4, 0.5) is 53.6 Å². The number of aromatic amines is 3. The van der Waals surface area contributed by atoms with Gasteiger partial charge in [-0.3, -0.25) is 19.2 Å². The summed E-state index contributed by atoms with van der Waals surface area (Å²) in [7, 11) is -3.24. The molecule has 16 aromatic rings. The van der Waals surface area contributed by atoms with Crippen molar-refractivity contribution >= 4 is 224 Å². The number of nitrogens with one attached hydrogen (secondary N) is 4. The first-order valence-electron chi connectivity index (χ1n) is 37.8. The molecule has 1 saturated heterocycles. The van der Waals surface area contributed by atoms with Gasteiger partial charge in [0, 0.05) is 145 Å². The van der Waals surface area contributed by atoms with Crippen molar-refractivity contribution in [2.24, 2.45) is 0 Å². The number of methoxy groups -OCH3 is 1. The van der Waals surface area contributed by atoms with Crippen LogP contribution in [0.1, 0.15) is 41.7 Å². The lowest BCUT2D eigenvalue weighted by molar-refractivity contribution is -0.127. The third-order valence-corrected chi connectivity index (χ3v) is 25.8. The molecule has 0 spiro atoms. The summed E-state index contributed by atoms with van der Waals surface area (Å²) in [5.41, 5.74) is 4.59. The highest BCUT2D eigenvalue weighted by Gasteiger charge is 2.51. The first-order chi connectivity index (χ1) is 62.5.